The normalized spacial score (nSPS) is 11.0. The number of rotatable bonds is 11. The number of hydrogen-bond acceptors (Lipinski definition) is 8. The smallest absolute Gasteiger partial charge is 0.267 e. The molecule has 36 heavy (non-hydrogen) atoms. The number of imidazole rings is 1. The number of hydroxylamine groups is 1. The lowest BCUT2D eigenvalue weighted by atomic mass is 10.1. The summed E-state index contributed by atoms with van der Waals surface area (Å²) in [7, 11) is 0. The average molecular weight is 491 g/mol. The number of carbonyl (C=O) groups excluding carboxylic acids is 3. The van der Waals surface area contributed by atoms with E-state index in [1.807, 2.05) is 10.8 Å². The lowest BCUT2D eigenvalue weighted by molar-refractivity contribution is -0.131. The van der Waals surface area contributed by atoms with Gasteiger partial charge >= 0.3 is 0 Å². The molecule has 1 aromatic carbocycles. The fourth-order valence-electron chi connectivity index (χ4n) is 3.02. The molecule has 5 N–H and O–H groups in total. The molecular weight excluding hydrogens is 464 g/mol. The highest BCUT2D eigenvalue weighted by Crippen LogP contribution is 2.04. The Bertz CT molecular complexity index is 1190. The van der Waals surface area contributed by atoms with Gasteiger partial charge in [-0.2, -0.15) is 0 Å². The molecule has 0 aliphatic heterocycles. The van der Waals surface area contributed by atoms with Crippen LogP contribution in [0.3, 0.4) is 0 Å². The van der Waals surface area contributed by atoms with Crippen LogP contribution in [0.2, 0.25) is 0 Å². The van der Waals surface area contributed by atoms with Gasteiger partial charge in [-0.25, -0.2) is 15.4 Å². The summed E-state index contributed by atoms with van der Waals surface area (Å²) in [6.07, 6.45) is 10.7. The summed E-state index contributed by atoms with van der Waals surface area (Å²) in [5, 5.41) is 17.1. The minimum Gasteiger partial charge on any atom is -0.352 e. The van der Waals surface area contributed by atoms with Gasteiger partial charge in [0.2, 0.25) is 5.91 Å². The SMILES string of the molecule is O=C(CNCCCn1ccnc1)NCC(NC(=O)c1ccc(C#Cc2cnccn2)cc1)C(=O)NO. The first kappa shape index (κ1) is 26.0. The molecule has 0 bridgehead atoms. The van der Waals surface area contributed by atoms with E-state index in [9.17, 15) is 14.4 Å². The predicted octanol–water partition coefficient (Wildman–Crippen LogP) is -0.527. The van der Waals surface area contributed by atoms with Crippen molar-refractivity contribution >= 4 is 17.7 Å². The minimum absolute atomic E-state index is 0.0440. The van der Waals surface area contributed by atoms with Crippen molar-refractivity contribution in [3.05, 3.63) is 78.4 Å². The molecule has 186 valence electrons. The molecule has 0 spiro atoms. The molecular formula is C24H26N8O4. The van der Waals surface area contributed by atoms with Crippen molar-refractivity contribution in [1.29, 1.82) is 0 Å². The standard InChI is InChI=1S/C24H26N8O4/c33-22(16-25-8-1-12-32-13-11-27-17-32)29-15-21(24(35)31-36)30-23(34)19-5-2-18(3-6-19)4-7-20-14-26-9-10-28-20/h2-3,5-6,9-11,13-14,17,21,25,36H,1,8,12,15-16H2,(H,29,33)(H,30,34)(H,31,35). The van der Waals surface area contributed by atoms with E-state index >= 15 is 0 Å². The van der Waals surface area contributed by atoms with Gasteiger partial charge in [-0.05, 0) is 43.2 Å². The van der Waals surface area contributed by atoms with E-state index in [4.69, 9.17) is 5.21 Å². The fourth-order valence-corrected chi connectivity index (χ4v) is 3.02. The maximum absolute atomic E-state index is 12.6. The molecule has 0 aliphatic carbocycles. The fraction of sp³-hybridized carbons (Fsp3) is 0.250. The Morgan fingerprint density at radius 2 is 1.89 bits per heavy atom. The number of nitrogens with zero attached hydrogens (tertiary/aromatic N) is 4. The third-order valence-corrected chi connectivity index (χ3v) is 4.90. The van der Waals surface area contributed by atoms with E-state index in [2.05, 4.69) is 42.7 Å². The molecule has 2 aromatic heterocycles. The highest BCUT2D eigenvalue weighted by Gasteiger charge is 2.21. The van der Waals surface area contributed by atoms with Crippen LogP contribution in [0.1, 0.15) is 28.0 Å². The molecule has 0 radical (unpaired) electrons. The third kappa shape index (κ3) is 8.64. The van der Waals surface area contributed by atoms with Gasteiger partial charge in [0.05, 0.1) is 19.1 Å². The molecule has 0 fully saturated rings. The number of carbonyl (C=O) groups is 3. The Kier molecular flexibility index (Phi) is 10.1. The Labute approximate surface area is 207 Å². The molecule has 3 aromatic rings. The maximum Gasteiger partial charge on any atom is 0.267 e. The molecule has 3 rings (SSSR count). The van der Waals surface area contributed by atoms with Gasteiger partial charge < -0.3 is 20.5 Å². The second-order valence-corrected chi connectivity index (χ2v) is 7.56. The summed E-state index contributed by atoms with van der Waals surface area (Å²) >= 11 is 0. The summed E-state index contributed by atoms with van der Waals surface area (Å²) < 4.78 is 1.93. The summed E-state index contributed by atoms with van der Waals surface area (Å²) in [5.74, 6) is 4.02. The molecule has 0 saturated heterocycles. The predicted molar refractivity (Wildman–Crippen MR) is 128 cm³/mol. The summed E-state index contributed by atoms with van der Waals surface area (Å²) in [6.45, 7) is 1.23. The van der Waals surface area contributed by atoms with Crippen LogP contribution in [0, 0.1) is 11.8 Å². The largest absolute Gasteiger partial charge is 0.352 e. The van der Waals surface area contributed by atoms with Crippen LogP contribution in [0.25, 0.3) is 0 Å². The summed E-state index contributed by atoms with van der Waals surface area (Å²) in [5.41, 5.74) is 2.96. The number of aryl methyl sites for hydroxylation is 1. The van der Waals surface area contributed by atoms with E-state index in [0.29, 0.717) is 17.8 Å². The van der Waals surface area contributed by atoms with Crippen LogP contribution in [-0.2, 0) is 16.1 Å². The average Bonchev–Trinajstić information content (AvgIpc) is 3.43. The van der Waals surface area contributed by atoms with Gasteiger partial charge in [0.25, 0.3) is 11.8 Å². The topological polar surface area (TPSA) is 163 Å². The Hall–Kier alpha value is -4.60. The summed E-state index contributed by atoms with van der Waals surface area (Å²) in [6, 6.07) is 5.23. The molecule has 1 atom stereocenters. The van der Waals surface area contributed by atoms with Gasteiger partial charge in [0.15, 0.2) is 0 Å². The number of aromatic nitrogens is 4. The quantitative estimate of drug-likeness (QED) is 0.104. The zero-order chi connectivity index (χ0) is 25.6. The van der Waals surface area contributed by atoms with Crippen LogP contribution in [-0.4, -0.2) is 68.1 Å². The second kappa shape index (κ2) is 14.0. The van der Waals surface area contributed by atoms with Gasteiger partial charge in [0.1, 0.15) is 11.7 Å². The lowest BCUT2D eigenvalue weighted by Crippen LogP contribution is -2.52. The van der Waals surface area contributed by atoms with Crippen molar-refractivity contribution < 1.29 is 19.6 Å². The van der Waals surface area contributed by atoms with Crippen LogP contribution in [0.4, 0.5) is 0 Å². The molecule has 3 amide bonds. The van der Waals surface area contributed by atoms with Gasteiger partial charge in [-0.15, -0.1) is 0 Å². The highest BCUT2D eigenvalue weighted by molar-refractivity contribution is 5.97. The molecule has 2 heterocycles. The zero-order valence-corrected chi connectivity index (χ0v) is 19.3. The first-order valence-electron chi connectivity index (χ1n) is 11.1. The van der Waals surface area contributed by atoms with Gasteiger partial charge in [0, 0.05) is 49.0 Å². The van der Waals surface area contributed by atoms with Crippen LogP contribution < -0.4 is 21.4 Å². The molecule has 1 unspecified atom stereocenters. The van der Waals surface area contributed by atoms with E-state index in [0.717, 1.165) is 13.0 Å². The van der Waals surface area contributed by atoms with Crippen LogP contribution in [0.5, 0.6) is 0 Å². The van der Waals surface area contributed by atoms with Crippen molar-refractivity contribution in [2.24, 2.45) is 0 Å². The third-order valence-electron chi connectivity index (χ3n) is 4.90. The number of amides is 3. The molecule has 0 aliphatic rings. The molecule has 12 heteroatoms. The van der Waals surface area contributed by atoms with Crippen molar-refractivity contribution in [2.75, 3.05) is 19.6 Å². The van der Waals surface area contributed by atoms with Gasteiger partial charge in [-0.1, -0.05) is 5.92 Å². The van der Waals surface area contributed by atoms with Crippen LogP contribution in [0.15, 0.2) is 61.6 Å². The summed E-state index contributed by atoms with van der Waals surface area (Å²) in [4.78, 5) is 48.6. The van der Waals surface area contributed by atoms with Crippen molar-refractivity contribution in [3.8, 4) is 11.8 Å². The Morgan fingerprint density at radius 3 is 2.58 bits per heavy atom. The lowest BCUT2D eigenvalue weighted by Gasteiger charge is -2.17. The second-order valence-electron chi connectivity index (χ2n) is 7.56. The van der Waals surface area contributed by atoms with Gasteiger partial charge in [-0.3, -0.25) is 24.6 Å². The Morgan fingerprint density at radius 1 is 1.06 bits per heavy atom. The first-order chi connectivity index (χ1) is 17.5. The number of hydrogen-bond donors (Lipinski definition) is 5. The van der Waals surface area contributed by atoms with Crippen LogP contribution >= 0.6 is 0 Å². The monoisotopic (exact) mass is 490 g/mol. The van der Waals surface area contributed by atoms with Crippen molar-refractivity contribution in [1.82, 2.24) is 40.9 Å². The Balaban J connectivity index is 1.45. The first-order valence-corrected chi connectivity index (χ1v) is 11.1. The molecule has 0 saturated carbocycles. The maximum atomic E-state index is 12.6. The van der Waals surface area contributed by atoms with E-state index in [1.54, 1.807) is 55.4 Å². The van der Waals surface area contributed by atoms with E-state index < -0.39 is 17.9 Å². The van der Waals surface area contributed by atoms with Crippen molar-refractivity contribution in [3.63, 3.8) is 0 Å². The van der Waals surface area contributed by atoms with Crippen molar-refractivity contribution in [2.45, 2.75) is 19.0 Å². The number of nitrogens with one attached hydrogen (secondary N) is 4. The number of benzene rings is 1. The van der Waals surface area contributed by atoms with E-state index in [-0.39, 0.29) is 24.6 Å². The highest BCUT2D eigenvalue weighted by atomic mass is 16.5. The molecule has 12 nitrogen and oxygen atoms in total. The zero-order valence-electron chi connectivity index (χ0n) is 19.3. The van der Waals surface area contributed by atoms with E-state index in [1.165, 1.54) is 5.48 Å². The minimum atomic E-state index is -1.18.